The maximum atomic E-state index is 13.2. The van der Waals surface area contributed by atoms with Gasteiger partial charge < -0.3 is 20.9 Å². The third kappa shape index (κ3) is 5.59. The molecule has 4 rings (SSSR count). The third-order valence-electron chi connectivity index (χ3n) is 6.28. The summed E-state index contributed by atoms with van der Waals surface area (Å²) in [4.78, 5) is 38.0. The molecule has 3 aromatic rings. The molecule has 3 N–H and O–H groups in total. The summed E-state index contributed by atoms with van der Waals surface area (Å²) in [5, 5.41) is 3.88. The number of nitrogens with one attached hydrogen (secondary N) is 1. The van der Waals surface area contributed by atoms with Crippen LogP contribution in [-0.2, 0) is 0 Å². The number of nitrogens with two attached hydrogens (primary N) is 1. The van der Waals surface area contributed by atoms with E-state index in [1.165, 1.54) is 17.1 Å². The SMILES string of the molecule is Cc1cc(Nc2nc(N3CCCC(N(C)C(=O)c4ccc(C(C)C)cc4)C3)cnc2C(N)=O)sn1. The molecule has 0 aliphatic carbocycles. The van der Waals surface area contributed by atoms with Crippen molar-refractivity contribution >= 4 is 40.0 Å². The first-order chi connectivity index (χ1) is 16.7. The molecular weight excluding hydrogens is 462 g/mol. The average molecular weight is 494 g/mol. The number of rotatable bonds is 7. The lowest BCUT2D eigenvalue weighted by Gasteiger charge is -2.38. The van der Waals surface area contributed by atoms with Crippen molar-refractivity contribution in [3.05, 3.63) is 59.0 Å². The van der Waals surface area contributed by atoms with Gasteiger partial charge in [0.2, 0.25) is 0 Å². The lowest BCUT2D eigenvalue weighted by atomic mass is 10.0. The third-order valence-corrected chi connectivity index (χ3v) is 7.07. The van der Waals surface area contributed by atoms with Crippen molar-refractivity contribution in [2.24, 2.45) is 5.73 Å². The van der Waals surface area contributed by atoms with E-state index in [1.54, 1.807) is 6.20 Å². The van der Waals surface area contributed by atoms with E-state index >= 15 is 0 Å². The van der Waals surface area contributed by atoms with Gasteiger partial charge in [0.15, 0.2) is 11.5 Å². The predicted octanol–water partition coefficient (Wildman–Crippen LogP) is 3.95. The molecule has 1 atom stereocenters. The first-order valence-electron chi connectivity index (χ1n) is 11.7. The normalized spacial score (nSPS) is 15.8. The molecule has 1 unspecified atom stereocenters. The van der Waals surface area contributed by atoms with Crippen LogP contribution in [0.25, 0.3) is 0 Å². The zero-order valence-electron chi connectivity index (χ0n) is 20.5. The van der Waals surface area contributed by atoms with Crippen molar-refractivity contribution < 1.29 is 9.59 Å². The van der Waals surface area contributed by atoms with E-state index in [1.807, 2.05) is 49.2 Å². The second kappa shape index (κ2) is 10.4. The molecule has 1 saturated heterocycles. The molecular formula is C25H31N7O2S. The van der Waals surface area contributed by atoms with Crippen molar-refractivity contribution in [3.8, 4) is 0 Å². The molecule has 1 aromatic carbocycles. The smallest absolute Gasteiger partial charge is 0.271 e. The van der Waals surface area contributed by atoms with Gasteiger partial charge in [-0.25, -0.2) is 9.97 Å². The van der Waals surface area contributed by atoms with Gasteiger partial charge in [0, 0.05) is 31.7 Å². The Bertz CT molecular complexity index is 1210. The largest absolute Gasteiger partial charge is 0.364 e. The molecule has 2 amide bonds. The minimum Gasteiger partial charge on any atom is -0.364 e. The summed E-state index contributed by atoms with van der Waals surface area (Å²) in [5.41, 5.74) is 8.37. The summed E-state index contributed by atoms with van der Waals surface area (Å²) in [7, 11) is 1.85. The fraction of sp³-hybridized carbons (Fsp3) is 0.400. The van der Waals surface area contributed by atoms with Crippen LogP contribution in [-0.4, -0.2) is 57.2 Å². The quantitative estimate of drug-likeness (QED) is 0.512. The minimum absolute atomic E-state index is 0.00485. The number of nitrogens with zero attached hydrogens (tertiary/aromatic N) is 5. The van der Waals surface area contributed by atoms with E-state index in [9.17, 15) is 9.59 Å². The van der Waals surface area contributed by atoms with Crippen LogP contribution in [0.15, 0.2) is 36.5 Å². The zero-order valence-corrected chi connectivity index (χ0v) is 21.3. The van der Waals surface area contributed by atoms with Crippen LogP contribution in [0, 0.1) is 6.92 Å². The summed E-state index contributed by atoms with van der Waals surface area (Å²) in [6.45, 7) is 7.57. The van der Waals surface area contributed by atoms with E-state index in [0.29, 0.717) is 29.7 Å². The lowest BCUT2D eigenvalue weighted by molar-refractivity contribution is 0.0717. The highest BCUT2D eigenvalue weighted by Crippen LogP contribution is 2.27. The molecule has 2 aromatic heterocycles. The molecule has 184 valence electrons. The standard InChI is InChI=1S/C25H31N7O2S/c1-15(2)17-7-9-18(10-8-17)25(34)31(4)19-6-5-11-32(14-19)20-13-27-22(23(26)33)24(28-20)29-21-12-16(3)30-35-21/h7-10,12-13,15,19H,5-6,11,14H2,1-4H3,(H2,26,33)(H,28,29). The second-order valence-electron chi connectivity index (χ2n) is 9.18. The molecule has 1 aliphatic rings. The van der Waals surface area contributed by atoms with E-state index < -0.39 is 5.91 Å². The van der Waals surface area contributed by atoms with E-state index in [4.69, 9.17) is 5.73 Å². The molecule has 0 bridgehead atoms. The summed E-state index contributed by atoms with van der Waals surface area (Å²) in [5.74, 6) is 0.703. The number of carbonyl (C=O) groups is 2. The van der Waals surface area contributed by atoms with Crippen molar-refractivity contribution in [2.75, 3.05) is 30.4 Å². The van der Waals surface area contributed by atoms with Crippen LogP contribution in [0.3, 0.4) is 0 Å². The van der Waals surface area contributed by atoms with Gasteiger partial charge >= 0.3 is 0 Å². The van der Waals surface area contributed by atoms with Crippen LogP contribution >= 0.6 is 11.5 Å². The van der Waals surface area contributed by atoms with Crippen LogP contribution in [0.2, 0.25) is 0 Å². The summed E-state index contributed by atoms with van der Waals surface area (Å²) >= 11 is 1.28. The predicted molar refractivity (Wildman–Crippen MR) is 139 cm³/mol. The van der Waals surface area contributed by atoms with E-state index in [2.05, 4.69) is 38.4 Å². The number of anilines is 3. The van der Waals surface area contributed by atoms with E-state index in [-0.39, 0.29) is 17.6 Å². The number of piperidine rings is 1. The molecule has 1 aliphatic heterocycles. The van der Waals surface area contributed by atoms with Gasteiger partial charge in [0.25, 0.3) is 11.8 Å². The fourth-order valence-electron chi connectivity index (χ4n) is 4.20. The summed E-state index contributed by atoms with van der Waals surface area (Å²) in [6, 6.07) is 9.75. The van der Waals surface area contributed by atoms with Crippen LogP contribution < -0.4 is 16.0 Å². The Labute approximate surface area is 209 Å². The Morgan fingerprint density at radius 2 is 2.00 bits per heavy atom. The van der Waals surface area contributed by atoms with Gasteiger partial charge in [-0.15, -0.1) is 0 Å². The van der Waals surface area contributed by atoms with Gasteiger partial charge in [-0.1, -0.05) is 26.0 Å². The minimum atomic E-state index is -0.655. The summed E-state index contributed by atoms with van der Waals surface area (Å²) < 4.78 is 4.25. The molecule has 0 radical (unpaired) electrons. The lowest BCUT2D eigenvalue weighted by Crippen LogP contribution is -2.49. The number of primary amides is 1. The first-order valence-corrected chi connectivity index (χ1v) is 12.5. The van der Waals surface area contributed by atoms with Crippen molar-refractivity contribution in [1.82, 2.24) is 19.2 Å². The second-order valence-corrected chi connectivity index (χ2v) is 9.99. The van der Waals surface area contributed by atoms with Gasteiger partial charge in [-0.3, -0.25) is 9.59 Å². The van der Waals surface area contributed by atoms with Crippen molar-refractivity contribution in [2.45, 2.75) is 45.6 Å². The number of carbonyl (C=O) groups excluding carboxylic acids is 2. The Hall–Kier alpha value is -3.53. The molecule has 35 heavy (non-hydrogen) atoms. The maximum Gasteiger partial charge on any atom is 0.271 e. The number of aryl methyl sites for hydroxylation is 1. The number of benzene rings is 1. The number of hydrogen-bond acceptors (Lipinski definition) is 8. The average Bonchev–Trinajstić information content (AvgIpc) is 3.27. The Kier molecular flexibility index (Phi) is 7.30. The van der Waals surface area contributed by atoms with Gasteiger partial charge in [-0.05, 0) is 61.0 Å². The van der Waals surface area contributed by atoms with Crippen LogP contribution in [0.5, 0.6) is 0 Å². The highest BCUT2D eigenvalue weighted by atomic mass is 32.1. The van der Waals surface area contributed by atoms with Gasteiger partial charge in [-0.2, -0.15) is 4.37 Å². The summed E-state index contributed by atoms with van der Waals surface area (Å²) in [6.07, 6.45) is 3.38. The maximum absolute atomic E-state index is 13.2. The van der Waals surface area contributed by atoms with Gasteiger partial charge in [0.05, 0.1) is 11.9 Å². The molecule has 0 spiro atoms. The molecule has 3 heterocycles. The van der Waals surface area contributed by atoms with Gasteiger partial charge in [0.1, 0.15) is 10.8 Å². The highest BCUT2D eigenvalue weighted by Gasteiger charge is 2.28. The van der Waals surface area contributed by atoms with Crippen molar-refractivity contribution in [1.29, 1.82) is 0 Å². The number of likely N-dealkylation sites (N-methyl/N-ethyl adjacent to an activating group) is 1. The number of aromatic nitrogens is 3. The monoisotopic (exact) mass is 493 g/mol. The zero-order chi connectivity index (χ0) is 25.1. The Morgan fingerprint density at radius 3 is 2.63 bits per heavy atom. The molecule has 1 fully saturated rings. The molecule has 10 heteroatoms. The van der Waals surface area contributed by atoms with Crippen LogP contribution in [0.4, 0.5) is 16.6 Å². The Balaban J connectivity index is 1.51. The number of hydrogen-bond donors (Lipinski definition) is 2. The topological polar surface area (TPSA) is 117 Å². The highest BCUT2D eigenvalue weighted by molar-refractivity contribution is 7.10. The van der Waals surface area contributed by atoms with Crippen LogP contribution in [0.1, 0.15) is 64.7 Å². The Morgan fingerprint density at radius 1 is 1.26 bits per heavy atom. The first kappa shape index (κ1) is 24.6. The number of amides is 2. The fourth-order valence-corrected chi connectivity index (χ4v) is 4.86. The van der Waals surface area contributed by atoms with Crippen molar-refractivity contribution in [3.63, 3.8) is 0 Å². The molecule has 9 nitrogen and oxygen atoms in total. The molecule has 0 saturated carbocycles. The van der Waals surface area contributed by atoms with E-state index in [0.717, 1.165) is 30.1 Å².